The van der Waals surface area contributed by atoms with E-state index in [0.29, 0.717) is 4.90 Å². The van der Waals surface area contributed by atoms with Crippen molar-refractivity contribution in [2.24, 2.45) is 0 Å². The number of methoxy groups -OCH3 is 1. The Bertz CT molecular complexity index is 5290. The molecule has 0 aliphatic carbocycles. The molecule has 0 bridgehead atoms. The van der Waals surface area contributed by atoms with Crippen LogP contribution >= 0.6 is 0 Å². The van der Waals surface area contributed by atoms with Crippen LogP contribution in [0.2, 0.25) is 18.1 Å². The van der Waals surface area contributed by atoms with Gasteiger partial charge in [0.1, 0.15) is 74.6 Å². The number of hydrogen-bond donors (Lipinski definition) is 0. The molecule has 9 aromatic carbocycles. The lowest BCUT2D eigenvalue weighted by Gasteiger charge is -2.54. The van der Waals surface area contributed by atoms with Crippen molar-refractivity contribution in [1.82, 2.24) is 14.7 Å². The lowest BCUT2D eigenvalue weighted by atomic mass is 9.91. The van der Waals surface area contributed by atoms with Crippen molar-refractivity contribution in [1.29, 1.82) is 0 Å². The van der Waals surface area contributed by atoms with E-state index in [0.717, 1.165) is 9.80 Å². The summed E-state index contributed by atoms with van der Waals surface area (Å²) >= 11 is 0. The van der Waals surface area contributed by atoms with Crippen molar-refractivity contribution in [3.8, 4) is 0 Å². The molecule has 6 aliphatic rings. The lowest BCUT2D eigenvalue weighted by molar-refractivity contribution is -0.358. The smallest absolute Gasteiger partial charge is 0.338 e. The van der Waals surface area contributed by atoms with E-state index < -0.39 is 196 Å². The molecule has 120 heavy (non-hydrogen) atoms. The van der Waals surface area contributed by atoms with E-state index >= 15 is 43.2 Å². The summed E-state index contributed by atoms with van der Waals surface area (Å²) in [7, 11) is -2.16. The van der Waals surface area contributed by atoms with Gasteiger partial charge in [0, 0.05) is 7.11 Å². The number of imide groups is 3. The van der Waals surface area contributed by atoms with Gasteiger partial charge in [0.15, 0.2) is 45.5 Å². The molecule has 6 heterocycles. The molecule has 0 N–H and O–H groups in total. The molecule has 0 saturated carbocycles. The Kier molecular flexibility index (Phi) is 24.0. The molecule has 6 aliphatic heterocycles. The van der Waals surface area contributed by atoms with Gasteiger partial charge in [-0.3, -0.25) is 43.5 Å². The van der Waals surface area contributed by atoms with Gasteiger partial charge in [0.05, 0.1) is 66.8 Å². The van der Waals surface area contributed by atoms with Gasteiger partial charge in [0.25, 0.3) is 35.4 Å². The first-order valence-electron chi connectivity index (χ1n) is 38.7. The second kappa shape index (κ2) is 35.0. The summed E-state index contributed by atoms with van der Waals surface area (Å²) in [6, 6.07) is 56.7. The van der Waals surface area contributed by atoms with E-state index in [1.807, 2.05) is 33.9 Å². The normalized spacial score (nSPS) is 24.6. The Balaban J connectivity index is 0.958. The van der Waals surface area contributed by atoms with Gasteiger partial charge < -0.3 is 61.3 Å². The molecular formula is C91H81N3O25Si. The number of carbonyl (C=O) groups is 12. The molecule has 7 unspecified atom stereocenters. The minimum atomic E-state index is -3.33. The topological polar surface area (TPSA) is 335 Å². The van der Waals surface area contributed by atoms with Crippen LogP contribution in [0.3, 0.4) is 0 Å². The number of benzene rings is 9. The molecule has 3 fully saturated rings. The zero-order valence-corrected chi connectivity index (χ0v) is 66.6. The fourth-order valence-corrected chi connectivity index (χ4v) is 16.5. The third-order valence-corrected chi connectivity index (χ3v) is 26.7. The number of carbonyl (C=O) groups excluding carboxylic acids is 12. The number of esters is 6. The van der Waals surface area contributed by atoms with E-state index in [2.05, 4.69) is 0 Å². The summed E-state index contributed by atoms with van der Waals surface area (Å²) in [5.41, 5.74) is -1.06. The first kappa shape index (κ1) is 82.3. The standard InChI is InChI=1S/C91H81N3O25Si/c1-91(2,3)120(5,6)119-72-66(51-110-84(103)54-35-17-9-18-36-54)113-90(69(75(72)116-87(106)57-41-23-12-24-42-57)94-80(99)62-47-29-30-48-63(62)81(94)100)118-71-65(50-109-83(102)53-33-15-8-16-34-53)112-89(68(74(71)115-86(105)56-39-21-11-22-40-56)93-78(97)60-45-27-28-46-61(60)79(93)98)117-70-64(49-108-82(101)52-31-13-7-14-32-52)111-88(107-4)67(73(70)114-85(104)55-37-19-10-20-38-55)92-76(95)58-43-25-26-44-59(58)77(92)96/h7-48,64-75,88-90H,49-51H2,1-6H3/t64?,65?,66?,67-,68?,69-,70+,71?,72+,73?,74-,75?,88+,89+,90-/m1/s1. The number of rotatable bonds is 25. The maximum Gasteiger partial charge on any atom is 0.338 e. The van der Waals surface area contributed by atoms with Crippen LogP contribution in [0, 0.1) is 0 Å². The minimum absolute atomic E-state index is 0.0261. The Morgan fingerprint density at radius 1 is 0.308 bits per heavy atom. The van der Waals surface area contributed by atoms with Gasteiger partial charge in [-0.25, -0.2) is 28.8 Å². The first-order chi connectivity index (χ1) is 57.9. The van der Waals surface area contributed by atoms with E-state index in [4.69, 9.17) is 61.3 Å². The fourth-order valence-electron chi connectivity index (χ4n) is 15.2. The summed E-state index contributed by atoms with van der Waals surface area (Å²) in [6.45, 7) is 6.82. The lowest BCUT2D eigenvalue weighted by Crippen LogP contribution is -2.73. The van der Waals surface area contributed by atoms with Gasteiger partial charge in [0.2, 0.25) is 0 Å². The Morgan fingerprint density at radius 3 is 0.775 bits per heavy atom. The SMILES string of the molecule is CO[C@H]1OC(COC(=O)c2ccccc2)[C@H](O[C@@H]2OC(COC(=O)c3ccccc3)C(O[C@H]3OC(COC(=O)c4ccccc4)[C@H](O[Si](C)(C)C(C)(C)C)C(OC(=O)c4ccccc4)[C@H]3N3C(=O)c4ccccc4C3=O)[C@H](OC(=O)c3ccccc3)C2N2C(=O)c3ccccc3C2=O)C(OC(=O)c2ccccc2)[C@H]1N1C(=O)c2ccccc2C1=O. The maximum atomic E-state index is 16.1. The highest BCUT2D eigenvalue weighted by Gasteiger charge is 2.65. The Hall–Kier alpha value is -12.8. The zero-order valence-electron chi connectivity index (χ0n) is 65.6. The molecule has 6 amide bonds. The van der Waals surface area contributed by atoms with E-state index in [1.165, 1.54) is 177 Å². The number of ether oxygens (including phenoxy) is 12. The summed E-state index contributed by atoms with van der Waals surface area (Å²) < 4.78 is 88.6. The summed E-state index contributed by atoms with van der Waals surface area (Å²) in [5.74, 6) is -12.2. The highest BCUT2D eigenvalue weighted by molar-refractivity contribution is 6.74. The Labute approximate surface area is 689 Å². The van der Waals surface area contributed by atoms with Gasteiger partial charge >= 0.3 is 35.8 Å². The molecule has 15 atom stereocenters. The van der Waals surface area contributed by atoms with E-state index in [-0.39, 0.29) is 66.8 Å². The summed E-state index contributed by atoms with van der Waals surface area (Å²) in [4.78, 5) is 187. The molecule has 9 aromatic rings. The average molecular weight is 1640 g/mol. The highest BCUT2D eigenvalue weighted by atomic mass is 28.4. The zero-order chi connectivity index (χ0) is 84.3. The third-order valence-electron chi connectivity index (χ3n) is 22.2. The van der Waals surface area contributed by atoms with Crippen LogP contribution in [0.4, 0.5) is 0 Å². The van der Waals surface area contributed by atoms with Gasteiger partial charge in [-0.1, -0.05) is 166 Å². The van der Waals surface area contributed by atoms with Gasteiger partial charge in [-0.05, 0) is 127 Å². The van der Waals surface area contributed by atoms with Crippen LogP contribution < -0.4 is 0 Å². The summed E-state index contributed by atoms with van der Waals surface area (Å²) in [5, 5.41) is -0.691. The van der Waals surface area contributed by atoms with Gasteiger partial charge in [-0.15, -0.1) is 0 Å². The van der Waals surface area contributed by atoms with Crippen molar-refractivity contribution < 1.29 is 119 Å². The molecule has 0 radical (unpaired) electrons. The van der Waals surface area contributed by atoms with Crippen molar-refractivity contribution >= 4 is 79.6 Å². The molecule has 614 valence electrons. The predicted molar refractivity (Wildman–Crippen MR) is 424 cm³/mol. The summed E-state index contributed by atoms with van der Waals surface area (Å²) in [6.07, 6.45) is -24.6. The third kappa shape index (κ3) is 16.5. The second-order valence-corrected chi connectivity index (χ2v) is 35.3. The molecule has 28 nitrogen and oxygen atoms in total. The molecular weight excluding hydrogens is 1560 g/mol. The van der Waals surface area contributed by atoms with Crippen LogP contribution in [0.15, 0.2) is 255 Å². The monoisotopic (exact) mass is 1640 g/mol. The Morgan fingerprint density at radius 2 is 0.525 bits per heavy atom. The van der Waals surface area contributed by atoms with Gasteiger partial charge in [-0.2, -0.15) is 0 Å². The minimum Gasteiger partial charge on any atom is -0.459 e. The van der Waals surface area contributed by atoms with E-state index in [9.17, 15) is 14.4 Å². The van der Waals surface area contributed by atoms with Crippen molar-refractivity contribution in [2.45, 2.75) is 131 Å². The largest absolute Gasteiger partial charge is 0.459 e. The fraction of sp³-hybridized carbons (Fsp3) is 0.275. The second-order valence-electron chi connectivity index (χ2n) is 30.6. The van der Waals surface area contributed by atoms with Crippen molar-refractivity contribution in [2.75, 3.05) is 26.9 Å². The predicted octanol–water partition coefficient (Wildman–Crippen LogP) is 11.2. The number of hydrogen-bond acceptors (Lipinski definition) is 25. The van der Waals surface area contributed by atoms with Crippen LogP contribution in [0.5, 0.6) is 0 Å². The first-order valence-corrected chi connectivity index (χ1v) is 41.6. The van der Waals surface area contributed by atoms with Crippen LogP contribution in [-0.2, 0) is 61.3 Å². The molecule has 3 saturated heterocycles. The number of amides is 6. The van der Waals surface area contributed by atoms with Crippen LogP contribution in [0.25, 0.3) is 0 Å². The molecule has 0 aromatic heterocycles. The number of nitrogens with zero attached hydrogens (tertiary/aromatic N) is 3. The van der Waals surface area contributed by atoms with Crippen molar-refractivity contribution in [3.63, 3.8) is 0 Å². The molecule has 29 heteroatoms. The maximum absolute atomic E-state index is 16.1. The highest BCUT2D eigenvalue weighted by Crippen LogP contribution is 2.46. The van der Waals surface area contributed by atoms with Crippen molar-refractivity contribution in [3.05, 3.63) is 322 Å². The molecule has 15 rings (SSSR count). The number of fused-ring (bicyclic) bond motifs is 3. The average Bonchev–Trinajstić information content (AvgIpc) is 1.62. The molecule has 0 spiro atoms. The van der Waals surface area contributed by atoms with Crippen LogP contribution in [-0.4, -0.2) is 213 Å². The van der Waals surface area contributed by atoms with E-state index in [1.54, 1.807) is 84.9 Å². The quantitative estimate of drug-likeness (QED) is 0.0222. The van der Waals surface area contributed by atoms with Crippen LogP contribution in [0.1, 0.15) is 145 Å².